The van der Waals surface area contributed by atoms with Crippen LogP contribution in [-0.2, 0) is 18.3 Å². The quantitative estimate of drug-likeness (QED) is 0.881. The van der Waals surface area contributed by atoms with Gasteiger partial charge in [0, 0.05) is 32.7 Å². The van der Waals surface area contributed by atoms with Crippen molar-refractivity contribution >= 4 is 11.6 Å². The Hall–Kier alpha value is -2.74. The molecule has 8 heteroatoms. The topological polar surface area (TPSA) is 76.5 Å². The molecule has 1 N–H and O–H groups in total. The lowest BCUT2D eigenvalue weighted by molar-refractivity contribution is 0.0943. The predicted octanol–water partition coefficient (Wildman–Crippen LogP) is 0.686. The van der Waals surface area contributed by atoms with Crippen LogP contribution in [0.5, 0.6) is 0 Å². The summed E-state index contributed by atoms with van der Waals surface area (Å²) in [5.41, 5.74) is 1.02. The van der Waals surface area contributed by atoms with Crippen molar-refractivity contribution < 1.29 is 13.9 Å². The molecule has 1 amide bonds. The van der Waals surface area contributed by atoms with E-state index in [4.69, 9.17) is 4.74 Å². The van der Waals surface area contributed by atoms with Crippen LogP contribution < -0.4 is 15.8 Å². The molecule has 2 aromatic rings. The van der Waals surface area contributed by atoms with Gasteiger partial charge in [-0.05, 0) is 23.8 Å². The summed E-state index contributed by atoms with van der Waals surface area (Å²) >= 11 is 0. The molecule has 0 radical (unpaired) electrons. The molecule has 0 saturated carbocycles. The molecule has 132 valence electrons. The van der Waals surface area contributed by atoms with E-state index in [1.165, 1.54) is 25.2 Å². The van der Waals surface area contributed by atoms with Gasteiger partial charge in [-0.25, -0.2) is 9.07 Å². The molecule has 3 rings (SSSR count). The fourth-order valence-electron chi connectivity index (χ4n) is 2.62. The zero-order valence-corrected chi connectivity index (χ0v) is 13.9. The van der Waals surface area contributed by atoms with Gasteiger partial charge in [0.25, 0.3) is 11.5 Å². The highest BCUT2D eigenvalue weighted by Gasteiger charge is 2.15. The second kappa shape index (κ2) is 7.43. The molecule has 7 nitrogen and oxygen atoms in total. The average Bonchev–Trinajstić information content (AvgIpc) is 2.63. The van der Waals surface area contributed by atoms with Gasteiger partial charge >= 0.3 is 0 Å². The summed E-state index contributed by atoms with van der Waals surface area (Å²) in [5, 5.41) is 6.55. The third-order valence-corrected chi connectivity index (χ3v) is 4.01. The lowest BCUT2D eigenvalue weighted by Gasteiger charge is -2.29. The summed E-state index contributed by atoms with van der Waals surface area (Å²) in [7, 11) is 1.47. The predicted molar refractivity (Wildman–Crippen MR) is 90.1 cm³/mol. The second-order valence-corrected chi connectivity index (χ2v) is 5.75. The Labute approximate surface area is 144 Å². The van der Waals surface area contributed by atoms with Gasteiger partial charge in [0.1, 0.15) is 11.5 Å². The van der Waals surface area contributed by atoms with Crippen LogP contribution in [0.4, 0.5) is 10.1 Å². The zero-order chi connectivity index (χ0) is 17.8. The smallest absolute Gasteiger partial charge is 0.271 e. The van der Waals surface area contributed by atoms with Crippen LogP contribution in [0.2, 0.25) is 0 Å². The van der Waals surface area contributed by atoms with Gasteiger partial charge in [0.2, 0.25) is 0 Å². The summed E-state index contributed by atoms with van der Waals surface area (Å²) < 4.78 is 20.7. The third-order valence-electron chi connectivity index (χ3n) is 4.01. The van der Waals surface area contributed by atoms with Crippen molar-refractivity contribution in [1.29, 1.82) is 0 Å². The number of hydrogen-bond donors (Lipinski definition) is 1. The third kappa shape index (κ3) is 4.03. The standard InChI is InChI=1S/C17H19FN4O3/c1-21-16(23)5-3-14(20-21)17(24)19-11-12-2-4-15(13(18)10-12)22-6-8-25-9-7-22/h2-5,10H,6-9,11H2,1H3,(H,19,24). The van der Waals surface area contributed by atoms with Gasteiger partial charge in [0.15, 0.2) is 0 Å². The van der Waals surface area contributed by atoms with E-state index in [9.17, 15) is 14.0 Å². The maximum absolute atomic E-state index is 14.3. The average molecular weight is 346 g/mol. The maximum atomic E-state index is 14.3. The summed E-state index contributed by atoms with van der Waals surface area (Å²) in [6, 6.07) is 7.55. The van der Waals surface area contributed by atoms with Crippen molar-refractivity contribution in [3.8, 4) is 0 Å². The summed E-state index contributed by atoms with van der Waals surface area (Å²) in [6.07, 6.45) is 0. The number of ether oxygens (including phenoxy) is 1. The van der Waals surface area contributed by atoms with E-state index in [1.807, 2.05) is 4.90 Å². The number of aryl methyl sites for hydroxylation is 1. The molecule has 1 fully saturated rings. The van der Waals surface area contributed by atoms with E-state index in [2.05, 4.69) is 10.4 Å². The van der Waals surface area contributed by atoms with Gasteiger partial charge in [-0.1, -0.05) is 6.07 Å². The Balaban J connectivity index is 1.64. The van der Waals surface area contributed by atoms with E-state index in [0.29, 0.717) is 37.6 Å². The maximum Gasteiger partial charge on any atom is 0.271 e. The molecule has 0 atom stereocenters. The second-order valence-electron chi connectivity index (χ2n) is 5.75. The van der Waals surface area contributed by atoms with Crippen LogP contribution in [0.3, 0.4) is 0 Å². The van der Waals surface area contributed by atoms with E-state index < -0.39 is 5.91 Å². The summed E-state index contributed by atoms with van der Waals surface area (Å²) in [5.74, 6) is -0.748. The largest absolute Gasteiger partial charge is 0.378 e. The minimum Gasteiger partial charge on any atom is -0.378 e. The molecule has 0 bridgehead atoms. The van der Waals surface area contributed by atoms with Crippen molar-refractivity contribution in [3.63, 3.8) is 0 Å². The Bertz CT molecular complexity index is 831. The number of amides is 1. The van der Waals surface area contributed by atoms with E-state index in [1.54, 1.807) is 12.1 Å². The summed E-state index contributed by atoms with van der Waals surface area (Å²) in [6.45, 7) is 2.66. The van der Waals surface area contributed by atoms with Crippen molar-refractivity contribution in [3.05, 3.63) is 57.8 Å². The van der Waals surface area contributed by atoms with E-state index in [0.717, 1.165) is 4.68 Å². The molecular formula is C17H19FN4O3. The lowest BCUT2D eigenvalue weighted by Crippen LogP contribution is -2.36. The van der Waals surface area contributed by atoms with Crippen molar-refractivity contribution in [1.82, 2.24) is 15.1 Å². The molecule has 0 spiro atoms. The number of carbonyl (C=O) groups excluding carboxylic acids is 1. The van der Waals surface area contributed by atoms with Crippen LogP contribution in [0, 0.1) is 5.82 Å². The van der Waals surface area contributed by atoms with Gasteiger partial charge in [-0.15, -0.1) is 0 Å². The number of nitrogens with one attached hydrogen (secondary N) is 1. The van der Waals surface area contributed by atoms with Gasteiger partial charge in [-0.2, -0.15) is 5.10 Å². The Kier molecular flexibility index (Phi) is 5.08. The first kappa shape index (κ1) is 17.1. The molecule has 1 aliphatic rings. The van der Waals surface area contributed by atoms with Crippen LogP contribution in [0.25, 0.3) is 0 Å². The number of halogens is 1. The number of hydrogen-bond acceptors (Lipinski definition) is 5. The van der Waals surface area contributed by atoms with Crippen LogP contribution in [0.1, 0.15) is 16.1 Å². The fourth-order valence-corrected chi connectivity index (χ4v) is 2.62. The van der Waals surface area contributed by atoms with Crippen molar-refractivity contribution in [2.75, 3.05) is 31.2 Å². The van der Waals surface area contributed by atoms with Crippen molar-refractivity contribution in [2.24, 2.45) is 7.05 Å². The highest BCUT2D eigenvalue weighted by molar-refractivity contribution is 5.91. The number of nitrogens with zero attached hydrogens (tertiary/aromatic N) is 3. The minimum atomic E-state index is -0.423. The molecule has 0 aliphatic carbocycles. The normalized spacial score (nSPS) is 14.4. The monoisotopic (exact) mass is 346 g/mol. The van der Waals surface area contributed by atoms with E-state index in [-0.39, 0.29) is 23.6 Å². The minimum absolute atomic E-state index is 0.132. The highest BCUT2D eigenvalue weighted by Crippen LogP contribution is 2.21. The zero-order valence-electron chi connectivity index (χ0n) is 13.9. The molecule has 1 aromatic heterocycles. The molecule has 1 saturated heterocycles. The summed E-state index contributed by atoms with van der Waals surface area (Å²) in [4.78, 5) is 25.3. The molecule has 1 aliphatic heterocycles. The first-order valence-electron chi connectivity index (χ1n) is 7.98. The number of rotatable bonds is 4. The highest BCUT2D eigenvalue weighted by atomic mass is 19.1. The van der Waals surface area contributed by atoms with Crippen LogP contribution >= 0.6 is 0 Å². The Morgan fingerprint density at radius 2 is 2.04 bits per heavy atom. The van der Waals surface area contributed by atoms with Gasteiger partial charge < -0.3 is 15.0 Å². The number of anilines is 1. The Morgan fingerprint density at radius 3 is 2.72 bits per heavy atom. The SMILES string of the molecule is Cn1nc(C(=O)NCc2ccc(N3CCOCC3)c(F)c2)ccc1=O. The molecule has 2 heterocycles. The molecule has 1 aromatic carbocycles. The fraction of sp³-hybridized carbons (Fsp3) is 0.353. The molecule has 25 heavy (non-hydrogen) atoms. The molecule has 0 unspecified atom stereocenters. The van der Waals surface area contributed by atoms with Crippen LogP contribution in [0.15, 0.2) is 35.1 Å². The number of carbonyl (C=O) groups is 1. The number of morpholine rings is 1. The van der Waals surface area contributed by atoms with Crippen LogP contribution in [-0.4, -0.2) is 42.0 Å². The van der Waals surface area contributed by atoms with Gasteiger partial charge in [-0.3, -0.25) is 9.59 Å². The first-order valence-corrected chi connectivity index (χ1v) is 7.98. The lowest BCUT2D eigenvalue weighted by atomic mass is 10.1. The number of benzene rings is 1. The van der Waals surface area contributed by atoms with Gasteiger partial charge in [0.05, 0.1) is 18.9 Å². The Morgan fingerprint density at radius 1 is 1.28 bits per heavy atom. The van der Waals surface area contributed by atoms with Crippen molar-refractivity contribution in [2.45, 2.75) is 6.54 Å². The first-order chi connectivity index (χ1) is 12.0. The number of aromatic nitrogens is 2. The molecular weight excluding hydrogens is 327 g/mol. The van der Waals surface area contributed by atoms with E-state index >= 15 is 0 Å².